The van der Waals surface area contributed by atoms with Gasteiger partial charge in [-0.05, 0) is 36.3 Å². The molecule has 3 nitrogen and oxygen atoms in total. The molecule has 1 aromatic rings. The Morgan fingerprint density at radius 3 is 2.57 bits per heavy atom. The number of hydrogen-bond donors (Lipinski definition) is 1. The first-order valence-electron chi connectivity index (χ1n) is 8.10. The third-order valence-electron chi connectivity index (χ3n) is 4.27. The molecule has 1 saturated heterocycles. The highest BCUT2D eigenvalue weighted by molar-refractivity contribution is 5.79. The van der Waals surface area contributed by atoms with E-state index in [1.165, 1.54) is 5.56 Å². The summed E-state index contributed by atoms with van der Waals surface area (Å²) < 4.78 is 0. The van der Waals surface area contributed by atoms with Gasteiger partial charge in [0.15, 0.2) is 0 Å². The van der Waals surface area contributed by atoms with Gasteiger partial charge in [-0.3, -0.25) is 4.79 Å². The van der Waals surface area contributed by atoms with E-state index in [2.05, 4.69) is 38.1 Å². The number of nitrogens with zero attached hydrogens (tertiary/aromatic N) is 1. The minimum absolute atomic E-state index is 0.0904. The van der Waals surface area contributed by atoms with Crippen molar-refractivity contribution in [3.8, 4) is 0 Å². The average Bonchev–Trinajstić information content (AvgIpc) is 2.44. The fourth-order valence-electron chi connectivity index (χ4n) is 3.03. The first kappa shape index (κ1) is 16.0. The molecule has 1 fully saturated rings. The standard InChI is InChI=1S/C18H28N2O/c1-13(2)11-15-6-8-16(9-7-15)17(19)12-20-10-4-5-14(3)18(20)21/h6-9,13-14,17H,4-5,10-12,19H2,1-3H3. The Hall–Kier alpha value is -1.35. The van der Waals surface area contributed by atoms with Gasteiger partial charge in [-0.25, -0.2) is 0 Å². The highest BCUT2D eigenvalue weighted by Crippen LogP contribution is 2.21. The third-order valence-corrected chi connectivity index (χ3v) is 4.27. The molecule has 2 atom stereocenters. The Morgan fingerprint density at radius 1 is 1.29 bits per heavy atom. The van der Waals surface area contributed by atoms with Crippen LogP contribution >= 0.6 is 0 Å². The molecule has 2 rings (SSSR count). The zero-order chi connectivity index (χ0) is 15.4. The lowest BCUT2D eigenvalue weighted by molar-refractivity contribution is -0.138. The van der Waals surface area contributed by atoms with E-state index in [4.69, 9.17) is 5.73 Å². The van der Waals surface area contributed by atoms with Crippen LogP contribution in [0.3, 0.4) is 0 Å². The monoisotopic (exact) mass is 288 g/mol. The normalized spacial score (nSPS) is 20.9. The maximum Gasteiger partial charge on any atom is 0.225 e. The van der Waals surface area contributed by atoms with Crippen LogP contribution in [0.15, 0.2) is 24.3 Å². The lowest BCUT2D eigenvalue weighted by Gasteiger charge is -2.32. The summed E-state index contributed by atoms with van der Waals surface area (Å²) in [5, 5.41) is 0. The Balaban J connectivity index is 1.96. The van der Waals surface area contributed by atoms with Crippen LogP contribution < -0.4 is 5.73 Å². The fourth-order valence-corrected chi connectivity index (χ4v) is 3.03. The summed E-state index contributed by atoms with van der Waals surface area (Å²) >= 11 is 0. The minimum atomic E-state index is -0.0904. The predicted molar refractivity (Wildman–Crippen MR) is 86.9 cm³/mol. The zero-order valence-electron chi connectivity index (χ0n) is 13.5. The molecule has 21 heavy (non-hydrogen) atoms. The lowest BCUT2D eigenvalue weighted by atomic mass is 9.97. The zero-order valence-corrected chi connectivity index (χ0v) is 13.5. The Morgan fingerprint density at radius 2 is 1.95 bits per heavy atom. The van der Waals surface area contributed by atoms with Crippen LogP contribution in [0.1, 0.15) is 50.8 Å². The van der Waals surface area contributed by atoms with Crippen molar-refractivity contribution < 1.29 is 4.79 Å². The largest absolute Gasteiger partial charge is 0.341 e. The summed E-state index contributed by atoms with van der Waals surface area (Å²) in [6, 6.07) is 8.46. The molecule has 2 N–H and O–H groups in total. The van der Waals surface area contributed by atoms with Gasteiger partial charge in [-0.15, -0.1) is 0 Å². The molecule has 1 aliphatic heterocycles. The molecule has 116 valence electrons. The topological polar surface area (TPSA) is 46.3 Å². The van der Waals surface area contributed by atoms with Crippen molar-refractivity contribution in [2.24, 2.45) is 17.6 Å². The van der Waals surface area contributed by atoms with Crippen molar-refractivity contribution in [1.82, 2.24) is 4.90 Å². The van der Waals surface area contributed by atoms with Crippen LogP contribution in [-0.4, -0.2) is 23.9 Å². The number of piperidine rings is 1. The van der Waals surface area contributed by atoms with Crippen LogP contribution in [0.2, 0.25) is 0 Å². The molecule has 0 spiro atoms. The van der Waals surface area contributed by atoms with Crippen molar-refractivity contribution in [2.75, 3.05) is 13.1 Å². The van der Waals surface area contributed by atoms with Crippen molar-refractivity contribution in [1.29, 1.82) is 0 Å². The van der Waals surface area contributed by atoms with Crippen molar-refractivity contribution in [3.63, 3.8) is 0 Å². The van der Waals surface area contributed by atoms with E-state index in [-0.39, 0.29) is 17.9 Å². The molecular weight excluding hydrogens is 260 g/mol. The molecule has 0 aromatic heterocycles. The second-order valence-electron chi connectivity index (χ2n) is 6.77. The SMILES string of the molecule is CC(C)Cc1ccc(C(N)CN2CCCC(C)C2=O)cc1. The van der Waals surface area contributed by atoms with Crippen LogP contribution in [0, 0.1) is 11.8 Å². The number of rotatable bonds is 5. The number of amides is 1. The van der Waals surface area contributed by atoms with Gasteiger partial charge in [-0.2, -0.15) is 0 Å². The molecule has 2 unspecified atom stereocenters. The summed E-state index contributed by atoms with van der Waals surface area (Å²) in [7, 11) is 0. The molecule has 1 heterocycles. The Labute approximate surface area is 128 Å². The van der Waals surface area contributed by atoms with E-state index in [0.29, 0.717) is 12.5 Å². The molecular formula is C18H28N2O. The van der Waals surface area contributed by atoms with Crippen LogP contribution in [0.25, 0.3) is 0 Å². The number of benzene rings is 1. The molecule has 3 heteroatoms. The molecule has 0 saturated carbocycles. The summed E-state index contributed by atoms with van der Waals surface area (Å²) in [6.07, 6.45) is 3.19. The first-order valence-corrected chi connectivity index (χ1v) is 8.10. The predicted octanol–water partition coefficient (Wildman–Crippen LogP) is 3.14. The van der Waals surface area contributed by atoms with Gasteiger partial charge < -0.3 is 10.6 Å². The smallest absolute Gasteiger partial charge is 0.225 e. The van der Waals surface area contributed by atoms with Crippen LogP contribution in [0.5, 0.6) is 0 Å². The molecule has 1 aromatic carbocycles. The van der Waals surface area contributed by atoms with E-state index in [9.17, 15) is 4.79 Å². The van der Waals surface area contributed by atoms with Gasteiger partial charge in [0, 0.05) is 25.0 Å². The lowest BCUT2D eigenvalue weighted by Crippen LogP contribution is -2.43. The summed E-state index contributed by atoms with van der Waals surface area (Å²) in [6.45, 7) is 7.95. The van der Waals surface area contributed by atoms with Gasteiger partial charge in [0.05, 0.1) is 0 Å². The van der Waals surface area contributed by atoms with Crippen LogP contribution in [0.4, 0.5) is 0 Å². The minimum Gasteiger partial charge on any atom is -0.341 e. The number of carbonyl (C=O) groups excluding carboxylic acids is 1. The molecule has 0 bridgehead atoms. The van der Waals surface area contributed by atoms with E-state index in [1.54, 1.807) is 0 Å². The third kappa shape index (κ3) is 4.31. The average molecular weight is 288 g/mol. The number of likely N-dealkylation sites (tertiary alicyclic amines) is 1. The maximum atomic E-state index is 12.1. The van der Waals surface area contributed by atoms with Crippen molar-refractivity contribution >= 4 is 5.91 Å². The van der Waals surface area contributed by atoms with E-state index in [0.717, 1.165) is 31.4 Å². The first-order chi connectivity index (χ1) is 9.97. The Kier molecular flexibility index (Phi) is 5.40. The highest BCUT2D eigenvalue weighted by Gasteiger charge is 2.26. The molecule has 0 aliphatic carbocycles. The quantitative estimate of drug-likeness (QED) is 0.904. The van der Waals surface area contributed by atoms with Gasteiger partial charge in [0.25, 0.3) is 0 Å². The molecule has 1 aliphatic rings. The van der Waals surface area contributed by atoms with Crippen molar-refractivity contribution in [2.45, 2.75) is 46.1 Å². The Bertz CT molecular complexity index is 467. The second kappa shape index (κ2) is 7.08. The second-order valence-corrected chi connectivity index (χ2v) is 6.77. The van der Waals surface area contributed by atoms with Crippen molar-refractivity contribution in [3.05, 3.63) is 35.4 Å². The number of carbonyl (C=O) groups is 1. The van der Waals surface area contributed by atoms with E-state index in [1.807, 2.05) is 11.8 Å². The summed E-state index contributed by atoms with van der Waals surface area (Å²) in [4.78, 5) is 14.1. The van der Waals surface area contributed by atoms with E-state index < -0.39 is 0 Å². The van der Waals surface area contributed by atoms with Gasteiger partial charge in [0.2, 0.25) is 5.91 Å². The van der Waals surface area contributed by atoms with E-state index >= 15 is 0 Å². The highest BCUT2D eigenvalue weighted by atomic mass is 16.2. The fraction of sp³-hybridized carbons (Fsp3) is 0.611. The number of hydrogen-bond acceptors (Lipinski definition) is 2. The van der Waals surface area contributed by atoms with Gasteiger partial charge >= 0.3 is 0 Å². The summed E-state index contributed by atoms with van der Waals surface area (Å²) in [5.41, 5.74) is 8.76. The van der Waals surface area contributed by atoms with Gasteiger partial charge in [-0.1, -0.05) is 45.0 Å². The molecule has 1 amide bonds. The van der Waals surface area contributed by atoms with Gasteiger partial charge in [0.1, 0.15) is 0 Å². The summed E-state index contributed by atoms with van der Waals surface area (Å²) in [5.74, 6) is 1.07. The number of nitrogens with two attached hydrogens (primary N) is 1. The molecule has 0 radical (unpaired) electrons. The maximum absolute atomic E-state index is 12.1. The van der Waals surface area contributed by atoms with Crippen LogP contribution in [-0.2, 0) is 11.2 Å².